The average molecular weight is 495 g/mol. The molecule has 0 spiro atoms. The standard InChI is InChI=1S/C21H40F2N6O3S/c1-29-20-13(11-27-29)3-4-17(32-2)19(20)28-33(30,31)16(10-24)12-26-18-7-14(5-6-25-18)21(23)8-15(22)9-21/h13-20,25-28H,3-12,24H2,1-2H3. The van der Waals surface area contributed by atoms with Crippen molar-refractivity contribution in [1.82, 2.24) is 25.8 Å². The maximum Gasteiger partial charge on any atom is 0.217 e. The van der Waals surface area contributed by atoms with Gasteiger partial charge in [-0.25, -0.2) is 26.9 Å². The van der Waals surface area contributed by atoms with Crippen LogP contribution in [0.4, 0.5) is 8.78 Å². The minimum Gasteiger partial charge on any atom is -0.380 e. The van der Waals surface area contributed by atoms with Crippen molar-refractivity contribution in [2.45, 2.75) is 80.0 Å². The van der Waals surface area contributed by atoms with E-state index in [0.29, 0.717) is 25.3 Å². The summed E-state index contributed by atoms with van der Waals surface area (Å²) >= 11 is 0. The lowest BCUT2D eigenvalue weighted by Crippen LogP contribution is -2.62. The van der Waals surface area contributed by atoms with Crippen LogP contribution in [0.25, 0.3) is 0 Å². The smallest absolute Gasteiger partial charge is 0.217 e. The number of sulfonamides is 1. The van der Waals surface area contributed by atoms with Crippen LogP contribution in [0.15, 0.2) is 0 Å². The van der Waals surface area contributed by atoms with E-state index < -0.39 is 27.1 Å². The molecule has 2 heterocycles. The number of rotatable bonds is 9. The molecule has 2 saturated heterocycles. The maximum atomic E-state index is 14.9. The van der Waals surface area contributed by atoms with E-state index in [4.69, 9.17) is 10.5 Å². The molecule has 4 aliphatic rings. The number of nitrogens with one attached hydrogen (secondary N) is 4. The lowest BCUT2D eigenvalue weighted by Gasteiger charge is -2.46. The molecule has 4 fully saturated rings. The maximum absolute atomic E-state index is 14.9. The summed E-state index contributed by atoms with van der Waals surface area (Å²) in [5.74, 6) is 0.136. The fourth-order valence-electron chi connectivity index (χ4n) is 6.23. The third kappa shape index (κ3) is 5.37. The minimum atomic E-state index is -3.74. The molecule has 0 radical (unpaired) electrons. The Morgan fingerprint density at radius 3 is 2.73 bits per heavy atom. The Balaban J connectivity index is 1.36. The Morgan fingerprint density at radius 2 is 2.06 bits per heavy atom. The molecule has 0 aromatic carbocycles. The van der Waals surface area contributed by atoms with E-state index >= 15 is 0 Å². The van der Waals surface area contributed by atoms with Crippen LogP contribution in [0.1, 0.15) is 38.5 Å². The third-order valence-electron chi connectivity index (χ3n) is 8.28. The number of methoxy groups -OCH3 is 1. The van der Waals surface area contributed by atoms with Gasteiger partial charge in [-0.05, 0) is 44.1 Å². The van der Waals surface area contributed by atoms with E-state index in [1.165, 1.54) is 0 Å². The van der Waals surface area contributed by atoms with E-state index in [1.54, 1.807) is 7.11 Å². The summed E-state index contributed by atoms with van der Waals surface area (Å²) in [6.45, 7) is 1.55. The SMILES string of the molecule is COC1CCC2CNN(C)C2C1NS(=O)(=O)C(CN)CNC1CC(C2(F)CC(F)C2)CCN1. The van der Waals surface area contributed by atoms with E-state index in [0.717, 1.165) is 19.4 Å². The van der Waals surface area contributed by atoms with Crippen LogP contribution < -0.4 is 26.5 Å². The van der Waals surface area contributed by atoms with Crippen LogP contribution in [0, 0.1) is 11.8 Å². The molecule has 2 aliphatic heterocycles. The van der Waals surface area contributed by atoms with E-state index in [2.05, 4.69) is 20.8 Å². The molecule has 0 aromatic rings. The van der Waals surface area contributed by atoms with Crippen LogP contribution in [-0.4, -0.2) is 95.2 Å². The Kier molecular flexibility index (Phi) is 7.96. The number of hydrogen-bond donors (Lipinski definition) is 5. The topological polar surface area (TPSA) is 121 Å². The second kappa shape index (κ2) is 10.3. The average Bonchev–Trinajstić information content (AvgIpc) is 3.14. The highest BCUT2D eigenvalue weighted by Gasteiger charge is 2.52. The van der Waals surface area contributed by atoms with Crippen molar-refractivity contribution >= 4 is 10.0 Å². The molecule has 33 heavy (non-hydrogen) atoms. The number of likely N-dealkylation sites (N-methyl/N-ethyl adjacent to an activating group) is 1. The summed E-state index contributed by atoms with van der Waals surface area (Å²) in [7, 11) is -0.194. The van der Waals surface area contributed by atoms with Gasteiger partial charge in [-0.2, -0.15) is 0 Å². The third-order valence-corrected chi connectivity index (χ3v) is 10.1. The summed E-state index contributed by atoms with van der Waals surface area (Å²) in [6, 6.07) is -0.364. The van der Waals surface area contributed by atoms with Crippen LogP contribution in [0.3, 0.4) is 0 Å². The lowest BCUT2D eigenvalue weighted by atomic mass is 9.68. The molecule has 6 N–H and O–H groups in total. The van der Waals surface area contributed by atoms with Crippen LogP contribution >= 0.6 is 0 Å². The quantitative estimate of drug-likeness (QED) is 0.294. The molecule has 0 amide bonds. The number of nitrogens with zero attached hydrogens (tertiary/aromatic N) is 1. The molecular weight excluding hydrogens is 454 g/mol. The van der Waals surface area contributed by atoms with E-state index in [1.807, 2.05) is 12.1 Å². The molecule has 2 aliphatic carbocycles. The molecule has 4 rings (SSSR count). The Bertz CT molecular complexity index is 771. The van der Waals surface area contributed by atoms with Crippen molar-refractivity contribution in [3.63, 3.8) is 0 Å². The highest BCUT2D eigenvalue weighted by molar-refractivity contribution is 7.90. The zero-order chi connectivity index (χ0) is 23.8. The first-order chi connectivity index (χ1) is 15.7. The largest absolute Gasteiger partial charge is 0.380 e. The van der Waals surface area contributed by atoms with Gasteiger partial charge in [0.15, 0.2) is 0 Å². The first-order valence-electron chi connectivity index (χ1n) is 12.2. The van der Waals surface area contributed by atoms with E-state index in [-0.39, 0.29) is 56.2 Å². The molecular formula is C21H40F2N6O3S. The summed E-state index contributed by atoms with van der Waals surface area (Å²) in [4.78, 5) is 0. The molecule has 7 atom stereocenters. The predicted molar refractivity (Wildman–Crippen MR) is 122 cm³/mol. The summed E-state index contributed by atoms with van der Waals surface area (Å²) in [5.41, 5.74) is 7.76. The molecule has 192 valence electrons. The van der Waals surface area contributed by atoms with Crippen LogP contribution in [0.2, 0.25) is 0 Å². The van der Waals surface area contributed by atoms with Gasteiger partial charge in [0.2, 0.25) is 10.0 Å². The van der Waals surface area contributed by atoms with Gasteiger partial charge in [0.25, 0.3) is 0 Å². The lowest BCUT2D eigenvalue weighted by molar-refractivity contribution is -0.0723. The summed E-state index contributed by atoms with van der Waals surface area (Å²) in [6.07, 6.45) is 1.41. The first kappa shape index (κ1) is 25.6. The minimum absolute atomic E-state index is 0.00757. The summed E-state index contributed by atoms with van der Waals surface area (Å²) < 4.78 is 63.4. The highest BCUT2D eigenvalue weighted by Crippen LogP contribution is 2.47. The van der Waals surface area contributed by atoms with Crippen molar-refractivity contribution < 1.29 is 21.9 Å². The van der Waals surface area contributed by atoms with Crippen molar-refractivity contribution in [2.24, 2.45) is 17.6 Å². The molecule has 0 bridgehead atoms. The number of nitrogens with two attached hydrogens (primary N) is 1. The van der Waals surface area contributed by atoms with Gasteiger partial charge in [0.05, 0.1) is 18.3 Å². The monoisotopic (exact) mass is 494 g/mol. The van der Waals surface area contributed by atoms with Gasteiger partial charge >= 0.3 is 0 Å². The number of piperidine rings is 1. The van der Waals surface area contributed by atoms with Gasteiger partial charge in [-0.1, -0.05) is 0 Å². The van der Waals surface area contributed by atoms with Crippen molar-refractivity contribution in [1.29, 1.82) is 0 Å². The number of ether oxygens (including phenoxy) is 1. The predicted octanol–water partition coefficient (Wildman–Crippen LogP) is -0.399. The number of alkyl halides is 2. The highest BCUT2D eigenvalue weighted by atomic mass is 32.2. The molecule has 9 nitrogen and oxygen atoms in total. The molecule has 7 unspecified atom stereocenters. The normalized spacial score (nSPS) is 43.1. The first-order valence-corrected chi connectivity index (χ1v) is 13.7. The van der Waals surface area contributed by atoms with Gasteiger partial charge in [-0.15, -0.1) is 0 Å². The Hall–Kier alpha value is -0.470. The zero-order valence-corrected chi connectivity index (χ0v) is 20.4. The fourth-order valence-corrected chi connectivity index (χ4v) is 7.66. The van der Waals surface area contributed by atoms with Gasteiger partial charge in [-0.3, -0.25) is 5.43 Å². The summed E-state index contributed by atoms with van der Waals surface area (Å²) in [5, 5.41) is 7.66. The number of fused-ring (bicyclic) bond motifs is 1. The second-order valence-corrected chi connectivity index (χ2v) is 12.3. The van der Waals surface area contributed by atoms with Crippen molar-refractivity contribution in [3.8, 4) is 0 Å². The second-order valence-electron chi connectivity index (χ2n) is 10.3. The van der Waals surface area contributed by atoms with Crippen molar-refractivity contribution in [3.05, 3.63) is 0 Å². The zero-order valence-electron chi connectivity index (χ0n) is 19.6. The van der Waals surface area contributed by atoms with Gasteiger partial charge in [0.1, 0.15) is 17.1 Å². The molecule has 0 aromatic heterocycles. The molecule has 2 saturated carbocycles. The van der Waals surface area contributed by atoms with Gasteiger partial charge < -0.3 is 21.1 Å². The Labute approximate surface area is 195 Å². The van der Waals surface area contributed by atoms with Crippen LogP contribution in [0.5, 0.6) is 0 Å². The number of hydrogen-bond acceptors (Lipinski definition) is 8. The van der Waals surface area contributed by atoms with Crippen molar-refractivity contribution in [2.75, 3.05) is 40.3 Å². The van der Waals surface area contributed by atoms with E-state index in [9.17, 15) is 17.2 Å². The Morgan fingerprint density at radius 1 is 1.30 bits per heavy atom. The molecule has 12 heteroatoms. The van der Waals surface area contributed by atoms with Gasteiger partial charge in [0, 0.05) is 52.7 Å². The number of halogens is 2. The number of hydrazine groups is 1. The van der Waals surface area contributed by atoms with Crippen LogP contribution in [-0.2, 0) is 14.8 Å². The fraction of sp³-hybridized carbons (Fsp3) is 1.00.